The molecule has 17 nitrogen and oxygen atoms in total. The maximum atomic E-state index is 13.0. The number of hydrogen-bond acceptors (Lipinski definition) is 11. The molecule has 0 radical (unpaired) electrons. The average molecular weight is 987 g/mol. The van der Waals surface area contributed by atoms with Crippen LogP contribution in [0, 0.1) is 11.3 Å². The lowest BCUT2D eigenvalue weighted by molar-refractivity contribution is 0.0955. The Kier molecular flexibility index (Phi) is 18.1. The number of nitrogens with zero attached hydrogens (tertiary/aromatic N) is 9. The van der Waals surface area contributed by atoms with Crippen molar-refractivity contribution in [2.45, 2.75) is 14.9 Å². The van der Waals surface area contributed by atoms with Crippen molar-refractivity contribution >= 4 is 86.4 Å². The molecule has 4 N–H and O–H groups in total. The minimum atomic E-state index is -1.49. The van der Waals surface area contributed by atoms with Crippen LogP contribution in [0.1, 0.15) is 61.8 Å². The van der Waals surface area contributed by atoms with Crippen LogP contribution in [-0.4, -0.2) is 98.2 Å². The van der Waals surface area contributed by atoms with E-state index in [1.807, 2.05) is 18.2 Å². The molecule has 67 heavy (non-hydrogen) atoms. The minimum Gasteiger partial charge on any atom is -0.423 e. The third-order valence-electron chi connectivity index (χ3n) is 9.76. The van der Waals surface area contributed by atoms with Crippen LogP contribution < -0.4 is 25.9 Å². The van der Waals surface area contributed by atoms with Crippen LogP contribution in [0.5, 0.6) is 0 Å². The minimum absolute atomic E-state index is 0. The van der Waals surface area contributed by atoms with Gasteiger partial charge in [-0.15, -0.1) is 0 Å². The number of fused-ring (bicyclic) bond motifs is 2. The van der Waals surface area contributed by atoms with E-state index in [1.165, 1.54) is 53.5 Å². The molecule has 0 aliphatic carbocycles. The number of rotatable bonds is 8. The van der Waals surface area contributed by atoms with E-state index in [1.54, 1.807) is 116 Å². The summed E-state index contributed by atoms with van der Waals surface area (Å²) in [5, 5.41) is 40.5. The van der Waals surface area contributed by atoms with Gasteiger partial charge in [0.05, 0.1) is 38.5 Å². The summed E-state index contributed by atoms with van der Waals surface area (Å²) < 4.78 is 4.23. The molecule has 0 aliphatic rings. The van der Waals surface area contributed by atoms with Crippen molar-refractivity contribution in [2.24, 2.45) is 0 Å². The van der Waals surface area contributed by atoms with Crippen LogP contribution in [-0.2, 0) is 0 Å². The Morgan fingerprint density at radius 1 is 0.672 bits per heavy atom. The lowest BCUT2D eigenvalue weighted by Crippen LogP contribution is -2.30. The van der Waals surface area contributed by atoms with E-state index in [9.17, 15) is 19.2 Å². The van der Waals surface area contributed by atoms with Crippen molar-refractivity contribution in [3.63, 3.8) is 0 Å². The monoisotopic (exact) mass is 985 g/mol. The molecule has 0 bridgehead atoms. The number of pyridine rings is 4. The number of halogens is 2. The fraction of sp³-hybridized carbons (Fsp3) is 0.128. The lowest BCUT2D eigenvalue weighted by atomic mass is 9.80. The van der Waals surface area contributed by atoms with Crippen molar-refractivity contribution in [3.8, 4) is 17.2 Å². The molecule has 20 heteroatoms. The van der Waals surface area contributed by atoms with Crippen molar-refractivity contribution in [2.75, 3.05) is 38.0 Å². The molecular formula is C47H46BBrClN11O6. The Balaban J connectivity index is 0.000000236. The molecule has 0 unspecified atom stereocenters. The van der Waals surface area contributed by atoms with Crippen LogP contribution in [0.25, 0.3) is 22.2 Å². The molecule has 8 rings (SSSR count). The first-order valence-electron chi connectivity index (χ1n) is 19.4. The molecule has 8 aromatic rings. The maximum Gasteiger partial charge on any atom is 0.488 e. The Labute approximate surface area is 400 Å². The van der Waals surface area contributed by atoms with Gasteiger partial charge in [-0.3, -0.25) is 29.0 Å². The first-order chi connectivity index (χ1) is 31.2. The fourth-order valence-electron chi connectivity index (χ4n) is 6.13. The molecule has 0 aliphatic heterocycles. The molecule has 0 spiro atoms. The van der Waals surface area contributed by atoms with Gasteiger partial charge in [0.15, 0.2) is 0 Å². The Morgan fingerprint density at radius 3 is 1.64 bits per heavy atom. The van der Waals surface area contributed by atoms with Crippen LogP contribution in [0.3, 0.4) is 0 Å². The molecule has 0 saturated heterocycles. The second kappa shape index (κ2) is 23.4. The van der Waals surface area contributed by atoms with Crippen LogP contribution >= 0.6 is 27.5 Å². The van der Waals surface area contributed by atoms with Gasteiger partial charge < -0.3 is 20.7 Å². The van der Waals surface area contributed by atoms with Gasteiger partial charge in [-0.05, 0) is 99.8 Å². The van der Waals surface area contributed by atoms with Gasteiger partial charge in [0, 0.05) is 80.8 Å². The number of carbonyl (C=O) groups is 4. The Bertz CT molecular complexity index is 3030. The highest BCUT2D eigenvalue weighted by atomic mass is 79.9. The SMILES string of the molecule is C.C.CN(C(=O)c1ccn2ncc(Br)c2c1)c1ccc(Cl)cn1.CNC(=O)c1ccc(-c2cnn3ccc(C(=O)N(C)c4ccc(C#N)cn4)cc23)cc1.CNC(=O)c1ccc(B(O)O)cc1. The summed E-state index contributed by atoms with van der Waals surface area (Å²) in [6, 6.07) is 28.9. The molecule has 342 valence electrons. The molecule has 2 aromatic carbocycles. The topological polar surface area (TPSA) is 223 Å². The van der Waals surface area contributed by atoms with Gasteiger partial charge in [0.1, 0.15) is 17.7 Å². The van der Waals surface area contributed by atoms with E-state index >= 15 is 0 Å². The van der Waals surface area contributed by atoms with Gasteiger partial charge >= 0.3 is 7.12 Å². The third-order valence-corrected chi connectivity index (χ3v) is 10.6. The average Bonchev–Trinajstić information content (AvgIpc) is 3.95. The fourth-order valence-corrected chi connectivity index (χ4v) is 6.63. The van der Waals surface area contributed by atoms with E-state index in [0.29, 0.717) is 49.9 Å². The number of benzene rings is 2. The number of anilines is 2. The van der Waals surface area contributed by atoms with Gasteiger partial charge in [-0.1, -0.05) is 50.7 Å². The van der Waals surface area contributed by atoms with Crippen LogP contribution in [0.15, 0.2) is 139 Å². The first-order valence-corrected chi connectivity index (χ1v) is 20.5. The van der Waals surface area contributed by atoms with Gasteiger partial charge in [-0.2, -0.15) is 15.5 Å². The predicted octanol–water partition coefficient (Wildman–Crippen LogP) is 6.32. The molecule has 0 fully saturated rings. The first kappa shape index (κ1) is 51.9. The highest BCUT2D eigenvalue weighted by Gasteiger charge is 2.19. The Hall–Kier alpha value is -7.76. The van der Waals surface area contributed by atoms with Gasteiger partial charge in [-0.25, -0.2) is 19.0 Å². The van der Waals surface area contributed by atoms with Gasteiger partial charge in [0.2, 0.25) is 0 Å². The standard InChI is InChI=1S/C23H18N6O2.C14H10BrClN4O.C8H10BNO3.2CH4/c1-25-22(30)17-6-4-16(5-7-17)19-14-27-29-10-9-18(11-20(19)29)23(31)28(2)21-8-3-15(12-24)13-26-21;1-19(13-3-2-10(16)7-17-13)14(21)9-4-5-20-12(6-9)11(15)8-18-20;1-10-8(11)6-2-4-7(5-3-6)9(12)13;;/h3-11,13-14H,1-2H3,(H,25,30);2-8H,1H3;2-5,12-13H,1H3,(H,10,11);2*1H4. The van der Waals surface area contributed by atoms with Gasteiger partial charge in [0.25, 0.3) is 23.6 Å². The summed E-state index contributed by atoms with van der Waals surface area (Å²) in [5.41, 5.74) is 6.21. The van der Waals surface area contributed by atoms with Crippen molar-refractivity contribution in [1.29, 1.82) is 5.26 Å². The highest BCUT2D eigenvalue weighted by Crippen LogP contribution is 2.27. The number of amides is 4. The lowest BCUT2D eigenvalue weighted by Gasteiger charge is -2.16. The zero-order valence-corrected chi connectivity index (χ0v) is 37.4. The van der Waals surface area contributed by atoms with Crippen molar-refractivity contribution in [1.82, 2.24) is 39.8 Å². The second-order valence-corrected chi connectivity index (χ2v) is 15.1. The van der Waals surface area contributed by atoms with E-state index in [0.717, 1.165) is 26.6 Å². The highest BCUT2D eigenvalue weighted by molar-refractivity contribution is 9.10. The molecule has 6 heterocycles. The smallest absolute Gasteiger partial charge is 0.423 e. The zero-order chi connectivity index (χ0) is 46.8. The van der Waals surface area contributed by atoms with Crippen molar-refractivity contribution in [3.05, 3.63) is 172 Å². The number of hydrogen-bond donors (Lipinski definition) is 4. The summed E-state index contributed by atoms with van der Waals surface area (Å²) in [4.78, 5) is 59.6. The molecule has 6 aromatic heterocycles. The summed E-state index contributed by atoms with van der Waals surface area (Å²) >= 11 is 9.21. The molecule has 0 atom stereocenters. The van der Waals surface area contributed by atoms with Crippen molar-refractivity contribution < 1.29 is 29.2 Å². The summed E-state index contributed by atoms with van der Waals surface area (Å²) in [7, 11) is 4.95. The van der Waals surface area contributed by atoms with Crippen LogP contribution in [0.2, 0.25) is 5.02 Å². The Morgan fingerprint density at radius 2 is 1.16 bits per heavy atom. The normalized spacial score (nSPS) is 10.1. The quantitative estimate of drug-likeness (QED) is 0.123. The summed E-state index contributed by atoms with van der Waals surface area (Å²) in [5.74, 6) is 0.249. The summed E-state index contributed by atoms with van der Waals surface area (Å²) in [6.45, 7) is 0. The zero-order valence-electron chi connectivity index (χ0n) is 35.1. The third kappa shape index (κ3) is 12.3. The molecule has 4 amide bonds. The summed E-state index contributed by atoms with van der Waals surface area (Å²) in [6.07, 6.45) is 9.83. The molecular weight excluding hydrogens is 941 g/mol. The number of nitrogens with one attached hydrogen (secondary N) is 2. The molecule has 0 saturated carbocycles. The number of nitriles is 1. The second-order valence-electron chi connectivity index (χ2n) is 13.9. The predicted molar refractivity (Wildman–Crippen MR) is 264 cm³/mol. The van der Waals surface area contributed by atoms with E-state index in [2.05, 4.69) is 46.7 Å². The number of aromatic nitrogens is 6. The van der Waals surface area contributed by atoms with E-state index < -0.39 is 7.12 Å². The van der Waals surface area contributed by atoms with Crippen LogP contribution in [0.4, 0.5) is 11.6 Å². The van der Waals surface area contributed by atoms with E-state index in [4.69, 9.17) is 26.9 Å². The largest absolute Gasteiger partial charge is 0.488 e. The number of carbonyl (C=O) groups excluding carboxylic acids is 4. The van der Waals surface area contributed by atoms with E-state index in [-0.39, 0.29) is 38.5 Å². The maximum absolute atomic E-state index is 13.0.